The molecule has 2 aromatic heterocycles. The first kappa shape index (κ1) is 25.9. The SMILES string of the molecule is Cc1sc(C2=CCN(C)C=C2)cc1C1=C(c2cc(C3=CCN(C)C=C3)sc2C)C(F)(F)C(F)(F)C1(F)F. The Morgan fingerprint density at radius 3 is 1.38 bits per heavy atom. The molecule has 0 aromatic carbocycles. The van der Waals surface area contributed by atoms with Gasteiger partial charge >= 0.3 is 17.8 Å². The number of hydrogen-bond donors (Lipinski definition) is 0. The fourth-order valence-corrected chi connectivity index (χ4v) is 6.79. The predicted molar refractivity (Wildman–Crippen MR) is 139 cm³/mol. The fraction of sp³-hybridized carbons (Fsp3) is 0.333. The van der Waals surface area contributed by atoms with Gasteiger partial charge in [-0.2, -0.15) is 26.3 Å². The first-order valence-corrected chi connectivity index (χ1v) is 13.2. The van der Waals surface area contributed by atoms with E-state index in [2.05, 4.69) is 0 Å². The number of likely N-dealkylation sites (N-methyl/N-ethyl adjacent to an activating group) is 2. The van der Waals surface area contributed by atoms with E-state index in [-0.39, 0.29) is 20.9 Å². The highest BCUT2D eigenvalue weighted by molar-refractivity contribution is 7.13. The molecule has 0 radical (unpaired) electrons. The Morgan fingerprint density at radius 1 is 0.676 bits per heavy atom. The molecule has 0 saturated heterocycles. The van der Waals surface area contributed by atoms with Crippen molar-refractivity contribution in [3.8, 4) is 0 Å². The van der Waals surface area contributed by atoms with Gasteiger partial charge in [0.15, 0.2) is 0 Å². The molecule has 0 amide bonds. The summed E-state index contributed by atoms with van der Waals surface area (Å²) in [6, 6.07) is 2.68. The molecule has 2 nitrogen and oxygen atoms in total. The van der Waals surface area contributed by atoms with Gasteiger partial charge in [-0.15, -0.1) is 22.7 Å². The lowest BCUT2D eigenvalue weighted by atomic mass is 9.94. The van der Waals surface area contributed by atoms with Crippen LogP contribution in [0.25, 0.3) is 22.3 Å². The number of thiophene rings is 2. The number of hydrogen-bond acceptors (Lipinski definition) is 4. The summed E-state index contributed by atoms with van der Waals surface area (Å²) in [5.74, 6) is -15.7. The summed E-state index contributed by atoms with van der Waals surface area (Å²) in [7, 11) is 3.73. The van der Waals surface area contributed by atoms with Crippen molar-refractivity contribution in [1.82, 2.24) is 9.80 Å². The Labute approximate surface area is 219 Å². The van der Waals surface area contributed by atoms with E-state index in [9.17, 15) is 8.78 Å². The lowest BCUT2D eigenvalue weighted by molar-refractivity contribution is -0.254. The molecule has 0 spiro atoms. The van der Waals surface area contributed by atoms with Gasteiger partial charge in [0.25, 0.3) is 0 Å². The highest BCUT2D eigenvalue weighted by Crippen LogP contribution is 2.66. The number of alkyl halides is 6. The van der Waals surface area contributed by atoms with Gasteiger partial charge in [-0.05, 0) is 72.8 Å². The van der Waals surface area contributed by atoms with E-state index >= 15 is 17.6 Å². The molecule has 0 saturated carbocycles. The maximum absolute atomic E-state index is 15.4. The van der Waals surface area contributed by atoms with Gasteiger partial charge in [0, 0.05) is 57.8 Å². The third kappa shape index (κ3) is 3.91. The van der Waals surface area contributed by atoms with Crippen LogP contribution in [0.15, 0.2) is 48.8 Å². The van der Waals surface area contributed by atoms with E-state index in [1.807, 2.05) is 48.4 Å². The molecular weight excluding hydrogens is 530 g/mol. The monoisotopic (exact) mass is 554 g/mol. The first-order valence-electron chi connectivity index (χ1n) is 11.5. The average Bonchev–Trinajstić information content (AvgIpc) is 3.42. The lowest BCUT2D eigenvalue weighted by Crippen LogP contribution is -2.48. The van der Waals surface area contributed by atoms with Crippen LogP contribution in [0.1, 0.15) is 30.6 Å². The summed E-state index contributed by atoms with van der Waals surface area (Å²) < 4.78 is 91.2. The zero-order valence-corrected chi connectivity index (χ0v) is 22.1. The second-order valence-electron chi connectivity index (χ2n) is 9.46. The summed E-state index contributed by atoms with van der Waals surface area (Å²) in [5.41, 5.74) is -1.66. The molecule has 0 N–H and O–H groups in total. The van der Waals surface area contributed by atoms with Gasteiger partial charge in [0.1, 0.15) is 0 Å². The van der Waals surface area contributed by atoms with Crippen molar-refractivity contribution in [2.24, 2.45) is 0 Å². The van der Waals surface area contributed by atoms with Crippen LogP contribution in [-0.2, 0) is 0 Å². The molecule has 1 aliphatic carbocycles. The zero-order chi connectivity index (χ0) is 26.9. The minimum absolute atomic E-state index is 0.268. The topological polar surface area (TPSA) is 6.48 Å². The molecule has 0 unspecified atom stereocenters. The van der Waals surface area contributed by atoms with E-state index in [0.717, 1.165) is 33.8 Å². The molecule has 5 rings (SSSR count). The maximum Gasteiger partial charge on any atom is 0.380 e. The van der Waals surface area contributed by atoms with Crippen molar-refractivity contribution < 1.29 is 26.3 Å². The predicted octanol–water partition coefficient (Wildman–Crippen LogP) is 7.94. The van der Waals surface area contributed by atoms with E-state index in [4.69, 9.17) is 0 Å². The third-order valence-corrected chi connectivity index (χ3v) is 9.02. The second kappa shape index (κ2) is 8.66. The van der Waals surface area contributed by atoms with Crippen LogP contribution in [0.3, 0.4) is 0 Å². The average molecular weight is 555 g/mol. The molecule has 0 atom stereocenters. The van der Waals surface area contributed by atoms with E-state index in [1.165, 1.54) is 26.0 Å². The Kier molecular flexibility index (Phi) is 6.06. The van der Waals surface area contributed by atoms with E-state index < -0.39 is 28.9 Å². The summed E-state index contributed by atoms with van der Waals surface area (Å²) in [6.07, 6.45) is 10.9. The quantitative estimate of drug-likeness (QED) is 0.354. The second-order valence-corrected chi connectivity index (χ2v) is 12.0. The summed E-state index contributed by atoms with van der Waals surface area (Å²) in [6.45, 7) is 4.15. The van der Waals surface area contributed by atoms with E-state index in [1.54, 1.807) is 12.2 Å². The first-order chi connectivity index (χ1) is 17.3. The smallest absolute Gasteiger partial charge is 0.377 e. The molecule has 0 fully saturated rings. The van der Waals surface area contributed by atoms with Crippen LogP contribution < -0.4 is 0 Å². The van der Waals surface area contributed by atoms with Gasteiger partial charge in [-0.1, -0.05) is 12.2 Å². The molecule has 2 aliphatic heterocycles. The number of aryl methyl sites for hydroxylation is 2. The molecular formula is C27H24F6N2S2. The Bertz CT molecular complexity index is 1320. The van der Waals surface area contributed by atoms with Gasteiger partial charge in [-0.3, -0.25) is 0 Å². The van der Waals surface area contributed by atoms with Crippen LogP contribution in [0.2, 0.25) is 0 Å². The maximum atomic E-state index is 15.4. The summed E-state index contributed by atoms with van der Waals surface area (Å²) in [4.78, 5) is 5.48. The van der Waals surface area contributed by atoms with Crippen LogP contribution in [0.5, 0.6) is 0 Å². The number of halogens is 6. The Balaban J connectivity index is 1.71. The van der Waals surface area contributed by atoms with Crippen molar-refractivity contribution in [1.29, 1.82) is 0 Å². The molecule has 0 bridgehead atoms. The van der Waals surface area contributed by atoms with Crippen molar-refractivity contribution in [2.45, 2.75) is 31.6 Å². The summed E-state index contributed by atoms with van der Waals surface area (Å²) in [5, 5.41) is 0. The molecule has 2 aromatic rings. The molecule has 196 valence electrons. The largest absolute Gasteiger partial charge is 0.380 e. The Morgan fingerprint density at radius 2 is 1.05 bits per heavy atom. The lowest BCUT2D eigenvalue weighted by Gasteiger charge is -2.25. The standard InChI is InChI=1S/C27H24F6N2S2/c1-15-19(13-21(36-15)17-5-9-34(3)10-6-17)23-24(26(30,31)27(32,33)25(23,28)29)20-14-22(37-16(20)2)18-7-11-35(4)12-8-18/h5-9,11,13-14H,10,12H2,1-4H3. The molecule has 10 heteroatoms. The third-order valence-electron chi connectivity index (χ3n) is 6.83. The number of allylic oxidation sites excluding steroid dienone is 6. The minimum atomic E-state index is -5.58. The van der Waals surface area contributed by atoms with Crippen molar-refractivity contribution in [3.05, 3.63) is 79.5 Å². The minimum Gasteiger partial charge on any atom is -0.377 e. The van der Waals surface area contributed by atoms with Crippen LogP contribution >= 0.6 is 22.7 Å². The van der Waals surface area contributed by atoms with Gasteiger partial charge in [-0.25, -0.2) is 0 Å². The van der Waals surface area contributed by atoms with Crippen LogP contribution in [0, 0.1) is 13.8 Å². The van der Waals surface area contributed by atoms with Gasteiger partial charge in [0.2, 0.25) is 0 Å². The number of rotatable bonds is 4. The highest BCUT2D eigenvalue weighted by Gasteiger charge is 2.80. The van der Waals surface area contributed by atoms with Gasteiger partial charge in [0.05, 0.1) is 0 Å². The number of nitrogens with zero attached hydrogens (tertiary/aromatic N) is 2. The Hall–Kier alpha value is -2.72. The van der Waals surface area contributed by atoms with E-state index in [0.29, 0.717) is 22.8 Å². The van der Waals surface area contributed by atoms with Crippen LogP contribution in [-0.4, -0.2) is 54.8 Å². The fourth-order valence-electron chi connectivity index (χ4n) is 4.70. The highest BCUT2D eigenvalue weighted by atomic mass is 32.1. The van der Waals surface area contributed by atoms with Crippen molar-refractivity contribution >= 4 is 45.0 Å². The van der Waals surface area contributed by atoms with Crippen molar-refractivity contribution in [2.75, 3.05) is 27.2 Å². The molecule has 4 heterocycles. The normalized spacial score (nSPS) is 22.1. The summed E-state index contributed by atoms with van der Waals surface area (Å²) >= 11 is 2.25. The van der Waals surface area contributed by atoms with Gasteiger partial charge < -0.3 is 9.80 Å². The van der Waals surface area contributed by atoms with Crippen molar-refractivity contribution in [3.63, 3.8) is 0 Å². The zero-order valence-electron chi connectivity index (χ0n) is 20.5. The molecule has 37 heavy (non-hydrogen) atoms. The van der Waals surface area contributed by atoms with Crippen LogP contribution in [0.4, 0.5) is 26.3 Å². The molecule has 3 aliphatic rings.